The third-order valence-electron chi connectivity index (χ3n) is 3.40. The van der Waals surface area contributed by atoms with E-state index in [1.54, 1.807) is 0 Å². The molecule has 0 unspecified atom stereocenters. The van der Waals surface area contributed by atoms with Crippen LogP contribution in [0.5, 0.6) is 0 Å². The summed E-state index contributed by atoms with van der Waals surface area (Å²) in [7, 11) is 0. The summed E-state index contributed by atoms with van der Waals surface area (Å²) >= 11 is 0. The molecule has 17 heavy (non-hydrogen) atoms. The van der Waals surface area contributed by atoms with Gasteiger partial charge >= 0.3 is 0 Å². The summed E-state index contributed by atoms with van der Waals surface area (Å²) in [6.45, 7) is 3.68. The van der Waals surface area contributed by atoms with Crippen LogP contribution in [0.25, 0.3) is 0 Å². The van der Waals surface area contributed by atoms with Crippen molar-refractivity contribution < 1.29 is 4.84 Å². The standard InChI is InChI=1S/C14H22BNO/c1-2-3-7-11-15-12-8-13-17-16(15)14-9-5-4-6-10-14/h4-6,9-10H,2-3,7-8,11-13H2,1H3. The molecule has 0 bridgehead atoms. The molecule has 0 amide bonds. The van der Waals surface area contributed by atoms with Crippen LogP contribution in [0.15, 0.2) is 30.3 Å². The molecule has 1 saturated heterocycles. The maximum Gasteiger partial charge on any atom is 0.290 e. The first-order valence-corrected chi connectivity index (χ1v) is 6.89. The molecule has 2 nitrogen and oxygen atoms in total. The highest BCUT2D eigenvalue weighted by Crippen LogP contribution is 2.25. The molecule has 0 radical (unpaired) electrons. The first-order chi connectivity index (χ1) is 8.42. The van der Waals surface area contributed by atoms with Crippen LogP contribution in [0, 0.1) is 0 Å². The summed E-state index contributed by atoms with van der Waals surface area (Å²) < 4.78 is 0. The Bertz CT molecular complexity index is 317. The lowest BCUT2D eigenvalue weighted by molar-refractivity contribution is 0.134. The van der Waals surface area contributed by atoms with Gasteiger partial charge in [-0.25, -0.2) is 0 Å². The number of hydrogen-bond acceptors (Lipinski definition) is 2. The molecule has 0 spiro atoms. The van der Waals surface area contributed by atoms with Gasteiger partial charge in [0.05, 0.1) is 6.61 Å². The van der Waals surface area contributed by atoms with Crippen LogP contribution in [0.2, 0.25) is 12.6 Å². The Kier molecular flexibility index (Phi) is 4.93. The Labute approximate surface area is 105 Å². The summed E-state index contributed by atoms with van der Waals surface area (Å²) in [5, 5.41) is 0. The van der Waals surface area contributed by atoms with E-state index in [0.29, 0.717) is 6.85 Å². The first kappa shape index (κ1) is 12.5. The van der Waals surface area contributed by atoms with Crippen LogP contribution in [-0.2, 0) is 4.84 Å². The van der Waals surface area contributed by atoms with E-state index in [1.807, 2.05) is 0 Å². The lowest BCUT2D eigenvalue weighted by atomic mass is 9.53. The number of nitrogens with zero attached hydrogens (tertiary/aromatic N) is 1. The van der Waals surface area contributed by atoms with Gasteiger partial charge in [-0.15, -0.1) is 0 Å². The Morgan fingerprint density at radius 2 is 2.06 bits per heavy atom. The molecule has 1 fully saturated rings. The quantitative estimate of drug-likeness (QED) is 0.560. The molecule has 0 N–H and O–H groups in total. The van der Waals surface area contributed by atoms with E-state index in [1.165, 1.54) is 44.0 Å². The summed E-state index contributed by atoms with van der Waals surface area (Å²) in [6, 6.07) is 10.5. The molecule has 1 aliphatic heterocycles. The predicted octanol–water partition coefficient (Wildman–Crippen LogP) is 4.01. The topological polar surface area (TPSA) is 12.5 Å². The molecule has 3 heteroatoms. The molecule has 1 aromatic rings. The zero-order valence-electron chi connectivity index (χ0n) is 10.8. The predicted molar refractivity (Wildman–Crippen MR) is 74.4 cm³/mol. The molecule has 0 aliphatic carbocycles. The van der Waals surface area contributed by atoms with E-state index < -0.39 is 0 Å². The summed E-state index contributed by atoms with van der Waals surface area (Å²) in [6.07, 6.45) is 7.65. The Morgan fingerprint density at radius 1 is 1.24 bits per heavy atom. The van der Waals surface area contributed by atoms with Crippen LogP contribution < -0.4 is 4.97 Å². The number of para-hydroxylation sites is 1. The van der Waals surface area contributed by atoms with E-state index in [9.17, 15) is 0 Å². The molecule has 92 valence electrons. The lowest BCUT2D eigenvalue weighted by Crippen LogP contribution is -2.43. The highest BCUT2D eigenvalue weighted by molar-refractivity contribution is 6.62. The minimum Gasteiger partial charge on any atom is -0.301 e. The van der Waals surface area contributed by atoms with E-state index in [2.05, 4.69) is 42.2 Å². The summed E-state index contributed by atoms with van der Waals surface area (Å²) in [5.74, 6) is 0. The van der Waals surface area contributed by atoms with Gasteiger partial charge < -0.3 is 4.97 Å². The third kappa shape index (κ3) is 3.50. The van der Waals surface area contributed by atoms with Crippen LogP contribution in [0.1, 0.15) is 32.6 Å². The van der Waals surface area contributed by atoms with Crippen molar-refractivity contribution in [1.29, 1.82) is 0 Å². The minimum absolute atomic E-state index is 0.567. The van der Waals surface area contributed by atoms with Gasteiger partial charge in [-0.3, -0.25) is 4.84 Å². The molecule has 1 heterocycles. The molecular weight excluding hydrogens is 209 g/mol. The van der Waals surface area contributed by atoms with E-state index in [0.717, 1.165) is 6.61 Å². The maximum atomic E-state index is 5.84. The van der Waals surface area contributed by atoms with Crippen molar-refractivity contribution >= 4 is 12.5 Å². The van der Waals surface area contributed by atoms with Gasteiger partial charge in [-0.05, 0) is 24.9 Å². The lowest BCUT2D eigenvalue weighted by Gasteiger charge is -2.34. The van der Waals surface area contributed by atoms with E-state index in [4.69, 9.17) is 4.84 Å². The SMILES string of the molecule is CCCCCB1CCCON1c1ccccc1. The van der Waals surface area contributed by atoms with Gasteiger partial charge in [-0.2, -0.15) is 0 Å². The summed E-state index contributed by atoms with van der Waals surface area (Å²) in [4.78, 5) is 7.98. The largest absolute Gasteiger partial charge is 0.301 e. The van der Waals surface area contributed by atoms with Gasteiger partial charge in [0.15, 0.2) is 0 Å². The number of rotatable bonds is 5. The highest BCUT2D eigenvalue weighted by atomic mass is 16.7. The third-order valence-corrected chi connectivity index (χ3v) is 3.40. The van der Waals surface area contributed by atoms with Gasteiger partial charge in [0.2, 0.25) is 0 Å². The Morgan fingerprint density at radius 3 is 2.82 bits per heavy atom. The highest BCUT2D eigenvalue weighted by Gasteiger charge is 2.27. The van der Waals surface area contributed by atoms with E-state index in [-0.39, 0.29) is 0 Å². The fraction of sp³-hybridized carbons (Fsp3) is 0.571. The van der Waals surface area contributed by atoms with Crippen molar-refractivity contribution in [3.8, 4) is 0 Å². The zero-order valence-corrected chi connectivity index (χ0v) is 10.8. The molecule has 1 aromatic carbocycles. The molecule has 2 rings (SSSR count). The van der Waals surface area contributed by atoms with Crippen molar-refractivity contribution in [1.82, 2.24) is 0 Å². The molecule has 0 atom stereocenters. The molecule has 0 aromatic heterocycles. The number of anilines is 1. The zero-order chi connectivity index (χ0) is 11.9. The second kappa shape index (κ2) is 6.70. The Balaban J connectivity index is 1.97. The van der Waals surface area contributed by atoms with Gasteiger partial charge in [0.1, 0.15) is 0 Å². The monoisotopic (exact) mass is 231 g/mol. The molecule has 1 aliphatic rings. The van der Waals surface area contributed by atoms with Crippen molar-refractivity contribution in [2.75, 3.05) is 11.6 Å². The molecule has 0 saturated carbocycles. The smallest absolute Gasteiger partial charge is 0.290 e. The Hall–Kier alpha value is -0.955. The van der Waals surface area contributed by atoms with Crippen molar-refractivity contribution in [2.24, 2.45) is 0 Å². The van der Waals surface area contributed by atoms with Crippen molar-refractivity contribution in [3.63, 3.8) is 0 Å². The first-order valence-electron chi connectivity index (χ1n) is 6.89. The normalized spacial score (nSPS) is 16.3. The molecular formula is C14H22BNO. The summed E-state index contributed by atoms with van der Waals surface area (Å²) in [5.41, 5.74) is 1.20. The fourth-order valence-corrected chi connectivity index (χ4v) is 2.46. The number of unbranched alkanes of at least 4 members (excludes halogenated alkanes) is 2. The van der Waals surface area contributed by atoms with Crippen LogP contribution >= 0.6 is 0 Å². The van der Waals surface area contributed by atoms with Crippen LogP contribution in [0.4, 0.5) is 5.69 Å². The van der Waals surface area contributed by atoms with Crippen molar-refractivity contribution in [3.05, 3.63) is 30.3 Å². The second-order valence-electron chi connectivity index (χ2n) is 4.79. The van der Waals surface area contributed by atoms with Gasteiger partial charge in [0.25, 0.3) is 6.85 Å². The maximum absolute atomic E-state index is 5.84. The average Bonchev–Trinajstić information content (AvgIpc) is 2.41. The average molecular weight is 231 g/mol. The number of benzene rings is 1. The van der Waals surface area contributed by atoms with Gasteiger partial charge in [-0.1, -0.05) is 50.7 Å². The van der Waals surface area contributed by atoms with Crippen molar-refractivity contribution in [2.45, 2.75) is 45.2 Å². The number of hydrogen-bond donors (Lipinski definition) is 0. The second-order valence-corrected chi connectivity index (χ2v) is 4.79. The van der Waals surface area contributed by atoms with E-state index >= 15 is 0 Å². The fourth-order valence-electron chi connectivity index (χ4n) is 2.46. The van der Waals surface area contributed by atoms with Gasteiger partial charge in [0, 0.05) is 5.69 Å². The minimum atomic E-state index is 0.567. The van der Waals surface area contributed by atoms with Crippen LogP contribution in [-0.4, -0.2) is 13.5 Å². The van der Waals surface area contributed by atoms with Crippen LogP contribution in [0.3, 0.4) is 0 Å².